The van der Waals surface area contributed by atoms with Gasteiger partial charge in [-0.05, 0) is 62.0 Å². The van der Waals surface area contributed by atoms with Gasteiger partial charge in [-0.3, -0.25) is 14.5 Å². The van der Waals surface area contributed by atoms with E-state index in [2.05, 4.69) is 29.7 Å². The Morgan fingerprint density at radius 3 is 2.36 bits per heavy atom. The van der Waals surface area contributed by atoms with Crippen LogP contribution in [0.15, 0.2) is 60.7 Å². The van der Waals surface area contributed by atoms with Gasteiger partial charge in [0, 0.05) is 0 Å². The summed E-state index contributed by atoms with van der Waals surface area (Å²) in [6, 6.07) is 19.5. The molecule has 1 saturated carbocycles. The normalized spacial score (nSPS) is 23.4. The van der Waals surface area contributed by atoms with Crippen molar-refractivity contribution in [2.45, 2.75) is 63.5 Å². The third-order valence-electron chi connectivity index (χ3n) is 7.01. The molecule has 2 aromatic carbocycles. The van der Waals surface area contributed by atoms with Crippen molar-refractivity contribution in [2.75, 3.05) is 6.54 Å². The summed E-state index contributed by atoms with van der Waals surface area (Å²) in [6.07, 6.45) is 5.70. The summed E-state index contributed by atoms with van der Waals surface area (Å²) >= 11 is 0. The summed E-state index contributed by atoms with van der Waals surface area (Å²) in [5.74, 6) is -0.0108. The first-order valence-electron chi connectivity index (χ1n) is 12.0. The molecule has 4 rings (SSSR count). The molecule has 6 heteroatoms. The van der Waals surface area contributed by atoms with E-state index in [1.165, 1.54) is 5.56 Å². The Morgan fingerprint density at radius 2 is 1.70 bits per heavy atom. The minimum Gasteiger partial charge on any atom is -0.348 e. The molecule has 1 aliphatic heterocycles. The van der Waals surface area contributed by atoms with Gasteiger partial charge in [-0.15, -0.1) is 0 Å². The highest BCUT2D eigenvalue weighted by atomic mass is 16.2. The summed E-state index contributed by atoms with van der Waals surface area (Å²) < 4.78 is 0. The molecule has 33 heavy (non-hydrogen) atoms. The van der Waals surface area contributed by atoms with Crippen LogP contribution in [0.3, 0.4) is 0 Å². The summed E-state index contributed by atoms with van der Waals surface area (Å²) in [5, 5.41) is 5.96. The number of nitrogens with one attached hydrogen (secondary N) is 2. The fraction of sp³-hybridized carbons (Fsp3) is 0.444. The predicted molar refractivity (Wildman–Crippen MR) is 127 cm³/mol. The number of rotatable bonds is 8. The molecule has 6 nitrogen and oxygen atoms in total. The molecular weight excluding hydrogens is 414 g/mol. The summed E-state index contributed by atoms with van der Waals surface area (Å²) in [6.45, 7) is 1.92. The lowest BCUT2D eigenvalue weighted by atomic mass is 9.77. The van der Waals surface area contributed by atoms with E-state index in [1.54, 1.807) is 0 Å². The number of hydrogen-bond donors (Lipinski definition) is 2. The highest BCUT2D eigenvalue weighted by Gasteiger charge is 2.52. The molecule has 0 bridgehead atoms. The molecule has 2 aromatic rings. The summed E-state index contributed by atoms with van der Waals surface area (Å²) in [7, 11) is 0. The smallest absolute Gasteiger partial charge is 0.325 e. The Hall–Kier alpha value is -3.15. The number of urea groups is 1. The molecule has 1 atom stereocenters. The van der Waals surface area contributed by atoms with Crippen LogP contribution in [0.2, 0.25) is 0 Å². The van der Waals surface area contributed by atoms with E-state index in [0.717, 1.165) is 42.6 Å². The Balaban J connectivity index is 1.38. The molecule has 2 fully saturated rings. The average molecular weight is 448 g/mol. The van der Waals surface area contributed by atoms with Gasteiger partial charge in [0.15, 0.2) is 0 Å². The minimum absolute atomic E-state index is 0.173. The maximum absolute atomic E-state index is 13.1. The molecule has 174 valence electrons. The van der Waals surface area contributed by atoms with Crippen LogP contribution in [-0.2, 0) is 16.0 Å². The lowest BCUT2D eigenvalue weighted by Gasteiger charge is -2.33. The van der Waals surface area contributed by atoms with Gasteiger partial charge in [0.25, 0.3) is 5.91 Å². The maximum atomic E-state index is 13.1. The largest absolute Gasteiger partial charge is 0.348 e. The van der Waals surface area contributed by atoms with E-state index in [1.807, 2.05) is 48.5 Å². The number of carbonyl (C=O) groups excluding carboxylic acids is 3. The topological polar surface area (TPSA) is 78.5 Å². The molecular formula is C27H33N3O3. The van der Waals surface area contributed by atoms with Gasteiger partial charge in [0.05, 0.1) is 6.04 Å². The van der Waals surface area contributed by atoms with Gasteiger partial charge in [0.1, 0.15) is 12.1 Å². The minimum atomic E-state index is -0.821. The summed E-state index contributed by atoms with van der Waals surface area (Å²) in [4.78, 5) is 39.7. The van der Waals surface area contributed by atoms with Crippen LogP contribution in [0.5, 0.6) is 0 Å². The van der Waals surface area contributed by atoms with Crippen LogP contribution in [0, 0.1) is 5.92 Å². The molecule has 2 N–H and O–H groups in total. The Bertz CT molecular complexity index is 969. The lowest BCUT2D eigenvalue weighted by molar-refractivity contribution is -0.136. The van der Waals surface area contributed by atoms with E-state index in [0.29, 0.717) is 18.8 Å². The lowest BCUT2D eigenvalue weighted by Crippen LogP contribution is -2.50. The second-order valence-electron chi connectivity index (χ2n) is 9.49. The van der Waals surface area contributed by atoms with Crippen LogP contribution in [-0.4, -0.2) is 34.8 Å². The monoisotopic (exact) mass is 447 g/mol. The van der Waals surface area contributed by atoms with Crippen LogP contribution >= 0.6 is 0 Å². The van der Waals surface area contributed by atoms with Crippen molar-refractivity contribution in [3.63, 3.8) is 0 Å². The maximum Gasteiger partial charge on any atom is 0.325 e. The average Bonchev–Trinajstić information content (AvgIpc) is 3.05. The van der Waals surface area contributed by atoms with Gasteiger partial charge < -0.3 is 10.6 Å². The molecule has 0 aromatic heterocycles. The van der Waals surface area contributed by atoms with Crippen molar-refractivity contribution < 1.29 is 14.4 Å². The van der Waals surface area contributed by atoms with Crippen molar-refractivity contribution in [1.82, 2.24) is 15.5 Å². The third kappa shape index (κ3) is 5.44. The number of benzene rings is 2. The van der Waals surface area contributed by atoms with Gasteiger partial charge in [-0.25, -0.2) is 4.79 Å². The highest BCUT2D eigenvalue weighted by molar-refractivity contribution is 6.09. The van der Waals surface area contributed by atoms with Crippen LogP contribution in [0.25, 0.3) is 0 Å². The molecule has 1 spiro atoms. The number of hydrogen-bond acceptors (Lipinski definition) is 3. The second kappa shape index (κ2) is 10.2. The van der Waals surface area contributed by atoms with E-state index < -0.39 is 11.6 Å². The molecule has 1 aliphatic carbocycles. The Labute approximate surface area is 195 Å². The fourth-order valence-corrected chi connectivity index (χ4v) is 4.96. The number of nitrogens with zero attached hydrogens (tertiary/aromatic N) is 1. The Morgan fingerprint density at radius 1 is 1.06 bits per heavy atom. The quantitative estimate of drug-likeness (QED) is 0.590. The van der Waals surface area contributed by atoms with Gasteiger partial charge >= 0.3 is 6.03 Å². The third-order valence-corrected chi connectivity index (χ3v) is 7.01. The van der Waals surface area contributed by atoms with Crippen molar-refractivity contribution in [1.29, 1.82) is 0 Å². The zero-order chi connectivity index (χ0) is 23.3. The number of amides is 4. The van der Waals surface area contributed by atoms with Gasteiger partial charge in [-0.1, -0.05) is 67.6 Å². The first-order valence-corrected chi connectivity index (χ1v) is 12.0. The SMILES string of the molecule is CC1CCC2(CC1)NC(=O)N(CC(=O)NC(CCCc1ccccc1)c1ccccc1)C2=O. The van der Waals surface area contributed by atoms with Crippen LogP contribution in [0.1, 0.15) is 62.6 Å². The van der Waals surface area contributed by atoms with Gasteiger partial charge in [0.2, 0.25) is 5.91 Å². The van der Waals surface area contributed by atoms with Gasteiger partial charge in [-0.2, -0.15) is 0 Å². The van der Waals surface area contributed by atoms with Crippen molar-refractivity contribution >= 4 is 17.8 Å². The van der Waals surface area contributed by atoms with Crippen LogP contribution in [0.4, 0.5) is 4.79 Å². The molecule has 2 aliphatic rings. The number of aryl methyl sites for hydroxylation is 1. The molecule has 4 amide bonds. The van der Waals surface area contributed by atoms with Crippen LogP contribution < -0.4 is 10.6 Å². The van der Waals surface area contributed by atoms with E-state index in [-0.39, 0.29) is 24.4 Å². The fourth-order valence-electron chi connectivity index (χ4n) is 4.96. The molecule has 0 radical (unpaired) electrons. The van der Waals surface area contributed by atoms with E-state index in [9.17, 15) is 14.4 Å². The number of imide groups is 1. The Kier molecular flexibility index (Phi) is 7.11. The second-order valence-corrected chi connectivity index (χ2v) is 9.49. The predicted octanol–water partition coefficient (Wildman–Crippen LogP) is 4.37. The molecule has 1 unspecified atom stereocenters. The zero-order valence-electron chi connectivity index (χ0n) is 19.3. The van der Waals surface area contributed by atoms with Crippen molar-refractivity contribution in [2.24, 2.45) is 5.92 Å². The summed E-state index contributed by atoms with van der Waals surface area (Å²) in [5.41, 5.74) is 1.47. The van der Waals surface area contributed by atoms with E-state index >= 15 is 0 Å². The van der Waals surface area contributed by atoms with Crippen molar-refractivity contribution in [3.8, 4) is 0 Å². The zero-order valence-corrected chi connectivity index (χ0v) is 19.3. The number of carbonyl (C=O) groups is 3. The highest BCUT2D eigenvalue weighted by Crippen LogP contribution is 2.36. The van der Waals surface area contributed by atoms with E-state index in [4.69, 9.17) is 0 Å². The first-order chi connectivity index (χ1) is 16.0. The molecule has 1 heterocycles. The first kappa shape index (κ1) is 23.0. The molecule has 1 saturated heterocycles. The standard InChI is InChI=1S/C27H33N3O3/c1-20-15-17-27(18-16-20)25(32)30(26(33)29-27)19-24(31)28-23(22-12-6-3-7-13-22)14-8-11-21-9-4-2-5-10-21/h2-7,9-10,12-13,20,23H,8,11,14-19H2,1H3,(H,28,31)(H,29,33). The van der Waals surface area contributed by atoms with Crippen molar-refractivity contribution in [3.05, 3.63) is 71.8 Å².